The first-order valence-electron chi connectivity index (χ1n) is 21.3. The van der Waals surface area contributed by atoms with Gasteiger partial charge in [0.2, 0.25) is 0 Å². The van der Waals surface area contributed by atoms with E-state index in [0.29, 0.717) is 5.82 Å². The smallest absolute Gasteiger partial charge is 0.162 e. The third kappa shape index (κ3) is 5.55. The van der Waals surface area contributed by atoms with Gasteiger partial charge in [-0.05, 0) is 83.9 Å². The van der Waals surface area contributed by atoms with Crippen molar-refractivity contribution in [2.45, 2.75) is 0 Å². The molecule has 13 aromatic rings. The minimum absolute atomic E-state index is 0.689. The van der Waals surface area contributed by atoms with E-state index >= 15 is 0 Å². The van der Waals surface area contributed by atoms with Crippen molar-refractivity contribution in [1.29, 1.82) is 0 Å². The Bertz CT molecular complexity index is 3790. The fourth-order valence-electron chi connectivity index (χ4n) is 9.66. The van der Waals surface area contributed by atoms with Crippen LogP contribution in [0.1, 0.15) is 0 Å². The van der Waals surface area contributed by atoms with Gasteiger partial charge in [-0.25, -0.2) is 9.97 Å². The minimum atomic E-state index is 0.689. The Morgan fingerprint density at radius 1 is 0.302 bits per heavy atom. The van der Waals surface area contributed by atoms with E-state index in [4.69, 9.17) is 15.0 Å². The maximum atomic E-state index is 5.27. The van der Waals surface area contributed by atoms with Crippen molar-refractivity contribution in [3.8, 4) is 51.0 Å². The Morgan fingerprint density at radius 3 is 1.56 bits per heavy atom. The molecule has 6 nitrogen and oxygen atoms in total. The Labute approximate surface area is 362 Å². The van der Waals surface area contributed by atoms with Gasteiger partial charge in [0, 0.05) is 61.7 Å². The van der Waals surface area contributed by atoms with Crippen LogP contribution in [-0.2, 0) is 0 Å². The van der Waals surface area contributed by atoms with E-state index < -0.39 is 0 Å². The second kappa shape index (κ2) is 14.0. The Balaban J connectivity index is 0.957. The van der Waals surface area contributed by atoms with E-state index in [0.717, 1.165) is 83.6 Å². The van der Waals surface area contributed by atoms with Crippen LogP contribution in [-0.4, -0.2) is 28.7 Å². The standard InChI is InChI=1S/C57H36N6/c1-3-14-37(15-4-1)48-36-55(60-57(59-48)38-16-5-2-6-17-38)63-50-22-11-7-18-43(50)45-31-25-40(35-54(45)63)39-26-32-52-47(34-39)44-19-8-10-21-49(44)61(52)41-27-29-42(30-28-41)62-51-23-12-9-20-46(51)56-53(62)24-13-33-58-56/h1-36H. The molecule has 0 spiro atoms. The van der Waals surface area contributed by atoms with Gasteiger partial charge in [0.1, 0.15) is 5.82 Å². The van der Waals surface area contributed by atoms with Crippen molar-refractivity contribution in [3.63, 3.8) is 0 Å². The predicted molar refractivity (Wildman–Crippen MR) is 259 cm³/mol. The molecule has 0 aliphatic rings. The molecule has 63 heavy (non-hydrogen) atoms. The Kier molecular flexibility index (Phi) is 7.80. The topological polar surface area (TPSA) is 53.5 Å². The quantitative estimate of drug-likeness (QED) is 0.168. The van der Waals surface area contributed by atoms with Crippen LogP contribution in [0.15, 0.2) is 219 Å². The van der Waals surface area contributed by atoms with Crippen molar-refractivity contribution in [2.75, 3.05) is 0 Å². The van der Waals surface area contributed by atoms with Crippen molar-refractivity contribution < 1.29 is 0 Å². The van der Waals surface area contributed by atoms with Crippen LogP contribution < -0.4 is 0 Å². The fraction of sp³-hybridized carbons (Fsp3) is 0. The summed E-state index contributed by atoms with van der Waals surface area (Å²) in [5.74, 6) is 1.51. The molecule has 0 aliphatic heterocycles. The number of benzene rings is 8. The first-order valence-corrected chi connectivity index (χ1v) is 21.3. The summed E-state index contributed by atoms with van der Waals surface area (Å²) in [4.78, 5) is 15.1. The van der Waals surface area contributed by atoms with Gasteiger partial charge in [-0.3, -0.25) is 9.55 Å². The highest BCUT2D eigenvalue weighted by Crippen LogP contribution is 2.39. The number of aromatic nitrogens is 6. The molecule has 6 heteroatoms. The van der Waals surface area contributed by atoms with Gasteiger partial charge in [0.05, 0.1) is 44.3 Å². The molecule has 0 N–H and O–H groups in total. The van der Waals surface area contributed by atoms with E-state index in [9.17, 15) is 0 Å². The average molecular weight is 805 g/mol. The number of fused-ring (bicyclic) bond motifs is 9. The SMILES string of the molecule is c1ccc(-c2cc(-n3c4ccccc4c4ccc(-c5ccc6c(c5)c5ccccc5n6-c5ccc(-n6c7ccccc7c7ncccc76)cc5)cc43)nc(-c3ccccc3)n2)cc1. The van der Waals surface area contributed by atoms with Crippen molar-refractivity contribution >= 4 is 65.5 Å². The molecule has 0 radical (unpaired) electrons. The second-order valence-electron chi connectivity index (χ2n) is 16.1. The van der Waals surface area contributed by atoms with E-state index in [2.05, 4.69) is 196 Å². The lowest BCUT2D eigenvalue weighted by atomic mass is 10.0. The number of hydrogen-bond donors (Lipinski definition) is 0. The lowest BCUT2D eigenvalue weighted by molar-refractivity contribution is 1.05. The van der Waals surface area contributed by atoms with Crippen molar-refractivity contribution in [3.05, 3.63) is 219 Å². The third-order valence-corrected chi connectivity index (χ3v) is 12.5. The number of pyridine rings is 1. The molecular formula is C57H36N6. The zero-order valence-corrected chi connectivity index (χ0v) is 34.0. The molecule has 0 unspecified atom stereocenters. The summed E-state index contributed by atoms with van der Waals surface area (Å²) in [7, 11) is 0. The molecule has 0 bridgehead atoms. The summed E-state index contributed by atoms with van der Waals surface area (Å²) in [5.41, 5.74) is 15.2. The largest absolute Gasteiger partial charge is 0.309 e. The van der Waals surface area contributed by atoms with Crippen molar-refractivity contribution in [2.24, 2.45) is 0 Å². The lowest BCUT2D eigenvalue weighted by Crippen LogP contribution is -2.02. The van der Waals surface area contributed by atoms with Crippen LogP contribution in [0.3, 0.4) is 0 Å². The normalized spacial score (nSPS) is 11.8. The van der Waals surface area contributed by atoms with Crippen LogP contribution in [0, 0.1) is 0 Å². The summed E-state index contributed by atoms with van der Waals surface area (Å²) in [5, 5.41) is 5.93. The van der Waals surface area contributed by atoms with Gasteiger partial charge in [-0.1, -0.05) is 133 Å². The Morgan fingerprint density at radius 2 is 0.825 bits per heavy atom. The highest BCUT2D eigenvalue weighted by Gasteiger charge is 2.19. The van der Waals surface area contributed by atoms with Gasteiger partial charge >= 0.3 is 0 Å². The van der Waals surface area contributed by atoms with Crippen LogP contribution in [0.5, 0.6) is 0 Å². The molecular weight excluding hydrogens is 769 g/mol. The lowest BCUT2D eigenvalue weighted by Gasteiger charge is -2.13. The van der Waals surface area contributed by atoms with Gasteiger partial charge < -0.3 is 9.13 Å². The maximum absolute atomic E-state index is 5.27. The van der Waals surface area contributed by atoms with Crippen molar-refractivity contribution in [1.82, 2.24) is 28.7 Å². The summed E-state index contributed by atoms with van der Waals surface area (Å²) < 4.78 is 7.00. The number of nitrogens with zero attached hydrogens (tertiary/aromatic N) is 6. The second-order valence-corrected chi connectivity index (χ2v) is 16.1. The summed E-state index contributed by atoms with van der Waals surface area (Å²) in [6.45, 7) is 0. The van der Waals surface area contributed by atoms with Gasteiger partial charge in [0.15, 0.2) is 5.82 Å². The molecule has 0 saturated carbocycles. The van der Waals surface area contributed by atoms with E-state index in [-0.39, 0.29) is 0 Å². The molecule has 0 fully saturated rings. The zero-order valence-electron chi connectivity index (χ0n) is 34.0. The van der Waals surface area contributed by atoms with Crippen LogP contribution in [0.2, 0.25) is 0 Å². The molecule has 294 valence electrons. The monoisotopic (exact) mass is 804 g/mol. The minimum Gasteiger partial charge on any atom is -0.309 e. The number of hydrogen-bond acceptors (Lipinski definition) is 3. The van der Waals surface area contributed by atoms with Gasteiger partial charge in [0.25, 0.3) is 0 Å². The molecule has 5 heterocycles. The van der Waals surface area contributed by atoms with E-state index in [1.807, 2.05) is 36.5 Å². The molecule has 5 aromatic heterocycles. The first kappa shape index (κ1) is 35.2. The zero-order chi connectivity index (χ0) is 41.4. The summed E-state index contributed by atoms with van der Waals surface area (Å²) >= 11 is 0. The average Bonchev–Trinajstić information content (AvgIpc) is 4.00. The summed E-state index contributed by atoms with van der Waals surface area (Å²) in [6, 6.07) is 75.4. The molecule has 13 rings (SSSR count). The molecule has 0 saturated heterocycles. The number of para-hydroxylation sites is 3. The summed E-state index contributed by atoms with van der Waals surface area (Å²) in [6.07, 6.45) is 1.87. The molecule has 8 aromatic carbocycles. The maximum Gasteiger partial charge on any atom is 0.162 e. The highest BCUT2D eigenvalue weighted by atomic mass is 15.1. The molecule has 0 atom stereocenters. The molecule has 0 aliphatic carbocycles. The van der Waals surface area contributed by atoms with E-state index in [1.54, 1.807) is 0 Å². The van der Waals surface area contributed by atoms with Crippen LogP contribution in [0.25, 0.3) is 117 Å². The van der Waals surface area contributed by atoms with Crippen LogP contribution >= 0.6 is 0 Å². The number of rotatable bonds is 6. The van der Waals surface area contributed by atoms with Crippen LogP contribution in [0.4, 0.5) is 0 Å². The fourth-order valence-corrected chi connectivity index (χ4v) is 9.66. The highest BCUT2D eigenvalue weighted by molar-refractivity contribution is 6.13. The van der Waals surface area contributed by atoms with Gasteiger partial charge in [-0.2, -0.15) is 0 Å². The predicted octanol–water partition coefficient (Wildman–Crippen LogP) is 14.2. The first-order chi connectivity index (χ1) is 31.2. The third-order valence-electron chi connectivity index (χ3n) is 12.5. The Hall–Kier alpha value is -8.61. The van der Waals surface area contributed by atoms with Gasteiger partial charge in [-0.15, -0.1) is 0 Å². The van der Waals surface area contributed by atoms with E-state index in [1.165, 1.54) is 27.1 Å². The molecule has 0 amide bonds.